The highest BCUT2D eigenvalue weighted by molar-refractivity contribution is 14.0. The third-order valence-corrected chi connectivity index (χ3v) is 6.13. The van der Waals surface area contributed by atoms with Crippen LogP contribution in [0.3, 0.4) is 0 Å². The fraction of sp³-hybridized carbons (Fsp3) is 0.905. The normalized spacial score (nSPS) is 23.4. The standard InChI is InChI=1S/C21H41N5O.HI/c1-5-23-21(26-10-6-7-18(15-26)13-20(22)27)24-14-19(16(2)3)25-11-8-17(4)9-12-25;/h16-19H,5-15H2,1-4H3,(H2,22,27)(H,23,24);1H. The van der Waals surface area contributed by atoms with Gasteiger partial charge >= 0.3 is 0 Å². The van der Waals surface area contributed by atoms with Crippen LogP contribution in [0.2, 0.25) is 0 Å². The van der Waals surface area contributed by atoms with Gasteiger partial charge in [0.1, 0.15) is 0 Å². The summed E-state index contributed by atoms with van der Waals surface area (Å²) in [5, 5.41) is 3.47. The summed E-state index contributed by atoms with van der Waals surface area (Å²) in [5.74, 6) is 2.61. The molecule has 0 spiro atoms. The van der Waals surface area contributed by atoms with Gasteiger partial charge in [0, 0.05) is 32.1 Å². The highest BCUT2D eigenvalue weighted by Crippen LogP contribution is 2.22. The number of piperidine rings is 2. The van der Waals surface area contributed by atoms with Crippen LogP contribution in [0.4, 0.5) is 0 Å². The Kier molecular flexibility index (Phi) is 11.7. The zero-order valence-corrected chi connectivity index (χ0v) is 20.7. The number of nitrogens with zero attached hydrogens (tertiary/aromatic N) is 3. The molecule has 7 heteroatoms. The van der Waals surface area contributed by atoms with Crippen LogP contribution >= 0.6 is 24.0 Å². The first-order valence-electron chi connectivity index (χ1n) is 11.0. The van der Waals surface area contributed by atoms with Crippen LogP contribution in [0, 0.1) is 17.8 Å². The van der Waals surface area contributed by atoms with Crippen molar-refractivity contribution in [2.24, 2.45) is 28.5 Å². The van der Waals surface area contributed by atoms with Gasteiger partial charge in [-0.2, -0.15) is 0 Å². The Morgan fingerprint density at radius 3 is 2.46 bits per heavy atom. The number of amides is 1. The molecule has 2 aliphatic heterocycles. The summed E-state index contributed by atoms with van der Waals surface area (Å²) < 4.78 is 0. The smallest absolute Gasteiger partial charge is 0.217 e. The van der Waals surface area contributed by atoms with Crippen molar-refractivity contribution >= 4 is 35.8 Å². The largest absolute Gasteiger partial charge is 0.370 e. The molecule has 28 heavy (non-hydrogen) atoms. The summed E-state index contributed by atoms with van der Waals surface area (Å²) in [6, 6.07) is 0.498. The van der Waals surface area contributed by atoms with Crippen LogP contribution in [0.1, 0.15) is 59.8 Å². The molecule has 2 heterocycles. The van der Waals surface area contributed by atoms with E-state index in [0.29, 0.717) is 24.3 Å². The fourth-order valence-corrected chi connectivity index (χ4v) is 4.42. The molecule has 0 bridgehead atoms. The molecule has 0 aromatic heterocycles. The number of likely N-dealkylation sites (tertiary alicyclic amines) is 2. The minimum Gasteiger partial charge on any atom is -0.370 e. The number of nitrogens with two attached hydrogens (primary N) is 1. The van der Waals surface area contributed by atoms with E-state index in [1.807, 2.05) is 0 Å². The third-order valence-electron chi connectivity index (χ3n) is 6.13. The Bertz CT molecular complexity index is 491. The molecule has 0 saturated carbocycles. The predicted molar refractivity (Wildman–Crippen MR) is 128 cm³/mol. The number of halogens is 1. The molecule has 2 saturated heterocycles. The molecule has 2 atom stereocenters. The summed E-state index contributed by atoms with van der Waals surface area (Å²) in [6.07, 6.45) is 5.26. The van der Waals surface area contributed by atoms with Gasteiger partial charge in [-0.05, 0) is 63.5 Å². The summed E-state index contributed by atoms with van der Waals surface area (Å²) >= 11 is 0. The maximum absolute atomic E-state index is 11.3. The Balaban J connectivity index is 0.00000392. The highest BCUT2D eigenvalue weighted by atomic mass is 127. The summed E-state index contributed by atoms with van der Waals surface area (Å²) in [5.41, 5.74) is 5.42. The van der Waals surface area contributed by atoms with Crippen LogP contribution in [0.15, 0.2) is 4.99 Å². The first-order valence-corrected chi connectivity index (χ1v) is 11.0. The summed E-state index contributed by atoms with van der Waals surface area (Å²) in [4.78, 5) is 21.3. The molecule has 2 unspecified atom stereocenters. The van der Waals surface area contributed by atoms with Crippen LogP contribution in [-0.2, 0) is 4.79 Å². The van der Waals surface area contributed by atoms with Gasteiger partial charge in [0.15, 0.2) is 5.96 Å². The predicted octanol–water partition coefficient (Wildman–Crippen LogP) is 2.91. The van der Waals surface area contributed by atoms with E-state index in [9.17, 15) is 4.79 Å². The van der Waals surface area contributed by atoms with Crippen molar-refractivity contribution < 1.29 is 4.79 Å². The highest BCUT2D eigenvalue weighted by Gasteiger charge is 2.27. The van der Waals surface area contributed by atoms with Gasteiger partial charge < -0.3 is 16.0 Å². The second kappa shape index (κ2) is 12.9. The second-order valence-electron chi connectivity index (χ2n) is 8.85. The van der Waals surface area contributed by atoms with Gasteiger partial charge in [0.2, 0.25) is 5.91 Å². The average molecular weight is 508 g/mol. The van der Waals surface area contributed by atoms with Gasteiger partial charge in [0.25, 0.3) is 0 Å². The van der Waals surface area contributed by atoms with Crippen molar-refractivity contribution in [1.29, 1.82) is 0 Å². The van der Waals surface area contributed by atoms with E-state index in [4.69, 9.17) is 10.7 Å². The number of primary amides is 1. The minimum absolute atomic E-state index is 0. The lowest BCUT2D eigenvalue weighted by molar-refractivity contribution is -0.119. The van der Waals surface area contributed by atoms with Crippen LogP contribution in [-0.4, -0.2) is 67.0 Å². The second-order valence-corrected chi connectivity index (χ2v) is 8.85. The Labute approximate surface area is 189 Å². The lowest BCUT2D eigenvalue weighted by Crippen LogP contribution is -2.49. The number of hydrogen-bond donors (Lipinski definition) is 2. The van der Waals surface area contributed by atoms with Crippen molar-refractivity contribution in [2.75, 3.05) is 39.3 Å². The van der Waals surface area contributed by atoms with Crippen molar-refractivity contribution in [2.45, 2.75) is 65.8 Å². The number of carbonyl (C=O) groups excluding carboxylic acids is 1. The van der Waals surface area contributed by atoms with Crippen molar-refractivity contribution in [1.82, 2.24) is 15.1 Å². The van der Waals surface area contributed by atoms with Gasteiger partial charge in [0.05, 0.1) is 6.54 Å². The molecule has 0 aliphatic carbocycles. The first-order chi connectivity index (χ1) is 12.9. The summed E-state index contributed by atoms with van der Waals surface area (Å²) in [7, 11) is 0. The maximum atomic E-state index is 11.3. The number of carbonyl (C=O) groups is 1. The molecule has 2 fully saturated rings. The molecule has 1 amide bonds. The molecule has 0 aromatic rings. The number of aliphatic imine (C=N–C) groups is 1. The van der Waals surface area contributed by atoms with E-state index in [-0.39, 0.29) is 29.9 Å². The van der Waals surface area contributed by atoms with Crippen LogP contribution in [0.25, 0.3) is 0 Å². The third kappa shape index (κ3) is 8.05. The Morgan fingerprint density at radius 2 is 1.89 bits per heavy atom. The fourth-order valence-electron chi connectivity index (χ4n) is 4.42. The molecule has 164 valence electrons. The number of hydrogen-bond acceptors (Lipinski definition) is 3. The minimum atomic E-state index is -0.192. The Morgan fingerprint density at radius 1 is 1.21 bits per heavy atom. The van der Waals surface area contributed by atoms with Gasteiger partial charge in [-0.3, -0.25) is 14.7 Å². The lowest BCUT2D eigenvalue weighted by Gasteiger charge is -2.39. The molecular formula is C21H42IN5O. The van der Waals surface area contributed by atoms with Crippen LogP contribution in [0.5, 0.6) is 0 Å². The molecule has 3 N–H and O–H groups in total. The zero-order valence-electron chi connectivity index (χ0n) is 18.3. The SMILES string of the molecule is CCNC(=NCC(C(C)C)N1CCC(C)CC1)N1CCCC(CC(N)=O)C1.I. The van der Waals surface area contributed by atoms with Crippen LogP contribution < -0.4 is 11.1 Å². The average Bonchev–Trinajstić information content (AvgIpc) is 2.62. The number of guanidine groups is 1. The van der Waals surface area contributed by atoms with Crippen molar-refractivity contribution in [3.05, 3.63) is 0 Å². The molecule has 2 aliphatic rings. The van der Waals surface area contributed by atoms with E-state index >= 15 is 0 Å². The number of rotatable bonds is 7. The zero-order chi connectivity index (χ0) is 19.8. The van der Waals surface area contributed by atoms with E-state index in [1.54, 1.807) is 0 Å². The number of nitrogens with one attached hydrogen (secondary N) is 1. The maximum Gasteiger partial charge on any atom is 0.217 e. The Hall–Kier alpha value is -0.570. The van der Waals surface area contributed by atoms with Crippen molar-refractivity contribution in [3.8, 4) is 0 Å². The van der Waals surface area contributed by atoms with E-state index in [1.165, 1.54) is 25.9 Å². The molecule has 2 rings (SSSR count). The molecule has 6 nitrogen and oxygen atoms in total. The quantitative estimate of drug-likeness (QED) is 0.316. The van der Waals surface area contributed by atoms with E-state index in [0.717, 1.165) is 50.9 Å². The van der Waals surface area contributed by atoms with E-state index in [2.05, 4.69) is 42.8 Å². The monoisotopic (exact) mass is 507 g/mol. The van der Waals surface area contributed by atoms with Gasteiger partial charge in [-0.15, -0.1) is 24.0 Å². The molecular weight excluding hydrogens is 465 g/mol. The molecule has 0 aromatic carbocycles. The van der Waals surface area contributed by atoms with Gasteiger partial charge in [-0.1, -0.05) is 20.8 Å². The lowest BCUT2D eigenvalue weighted by atomic mass is 9.94. The van der Waals surface area contributed by atoms with Gasteiger partial charge in [-0.25, -0.2) is 0 Å². The first kappa shape index (κ1) is 25.5. The van der Waals surface area contributed by atoms with Crippen molar-refractivity contribution in [3.63, 3.8) is 0 Å². The topological polar surface area (TPSA) is 74.0 Å². The molecule has 0 radical (unpaired) electrons. The summed E-state index contributed by atoms with van der Waals surface area (Å²) in [6.45, 7) is 15.1. The van der Waals surface area contributed by atoms with E-state index < -0.39 is 0 Å².